The second-order valence-electron chi connectivity index (χ2n) is 6.58. The normalized spacial score (nSPS) is 12.2. The van der Waals surface area contributed by atoms with Gasteiger partial charge < -0.3 is 0 Å². The van der Waals surface area contributed by atoms with E-state index in [0.29, 0.717) is 46.8 Å². The van der Waals surface area contributed by atoms with Gasteiger partial charge in [0.05, 0.1) is 0 Å². The molecule has 3 rings (SSSR count). The van der Waals surface area contributed by atoms with Crippen LogP contribution in [0.4, 0.5) is 3.89 Å². The summed E-state index contributed by atoms with van der Waals surface area (Å²) in [7, 11) is -2.79. The molecule has 0 atom stereocenters. The second kappa shape index (κ2) is 9.87. The molecular formula is C21H15Cl6FS. The minimum Gasteiger partial charge on any atom is -0.188 e. The fourth-order valence-corrected chi connectivity index (χ4v) is 7.30. The van der Waals surface area contributed by atoms with E-state index in [1.807, 2.05) is 0 Å². The maximum atomic E-state index is 16.5. The summed E-state index contributed by atoms with van der Waals surface area (Å²) >= 11 is 36.9. The minimum absolute atomic E-state index is 0.140. The molecule has 0 N–H and O–H groups in total. The van der Waals surface area contributed by atoms with Crippen molar-refractivity contribution in [2.45, 2.75) is 17.3 Å². The van der Waals surface area contributed by atoms with Crippen LogP contribution in [0.15, 0.2) is 54.6 Å². The first kappa shape index (κ1) is 23.3. The highest BCUT2D eigenvalue weighted by molar-refractivity contribution is 8.27. The molecule has 0 amide bonds. The van der Waals surface area contributed by atoms with E-state index in [-0.39, 0.29) is 17.3 Å². The van der Waals surface area contributed by atoms with Gasteiger partial charge in [-0.1, -0.05) is 98.2 Å². The van der Waals surface area contributed by atoms with Crippen molar-refractivity contribution in [1.82, 2.24) is 0 Å². The SMILES string of the molecule is FS(Cc1ccc(Cl)cc1Cl)(Cc1ccc(Cl)cc1Cl)Cc1ccc(Cl)cc1Cl. The zero-order valence-corrected chi connectivity index (χ0v) is 20.2. The summed E-state index contributed by atoms with van der Waals surface area (Å²) in [6.07, 6.45) is 0. The van der Waals surface area contributed by atoms with Crippen molar-refractivity contribution in [3.8, 4) is 0 Å². The van der Waals surface area contributed by atoms with Gasteiger partial charge in [-0.05, 0) is 53.1 Å². The molecule has 3 aromatic rings. The van der Waals surface area contributed by atoms with E-state index >= 15 is 3.89 Å². The Hall–Kier alpha value is -0.320. The molecule has 0 nitrogen and oxygen atoms in total. The molecule has 0 radical (unpaired) electrons. The maximum Gasteiger partial charge on any atom is 0.0461 e. The molecule has 8 heteroatoms. The Kier molecular flexibility index (Phi) is 7.95. The quantitative estimate of drug-likeness (QED) is 0.297. The molecule has 0 saturated carbocycles. The zero-order chi connectivity index (χ0) is 21.2. The van der Waals surface area contributed by atoms with E-state index in [4.69, 9.17) is 69.6 Å². The van der Waals surface area contributed by atoms with Crippen LogP contribution in [-0.4, -0.2) is 0 Å². The molecule has 0 saturated heterocycles. The molecule has 0 aliphatic carbocycles. The zero-order valence-electron chi connectivity index (χ0n) is 14.9. The summed E-state index contributed by atoms with van der Waals surface area (Å²) in [4.78, 5) is 0. The molecule has 0 bridgehead atoms. The predicted octanol–water partition coefficient (Wildman–Crippen LogP) is 10.2. The van der Waals surface area contributed by atoms with Gasteiger partial charge in [0.15, 0.2) is 0 Å². The van der Waals surface area contributed by atoms with Crippen LogP contribution in [0.5, 0.6) is 0 Å². The number of benzene rings is 3. The molecule has 3 aromatic carbocycles. The molecule has 0 aliphatic rings. The highest BCUT2D eigenvalue weighted by Crippen LogP contribution is 2.60. The van der Waals surface area contributed by atoms with Crippen molar-refractivity contribution in [3.63, 3.8) is 0 Å². The lowest BCUT2D eigenvalue weighted by Gasteiger charge is -2.32. The Labute approximate surface area is 201 Å². The molecular weight excluding hydrogens is 516 g/mol. The summed E-state index contributed by atoms with van der Waals surface area (Å²) in [6.45, 7) is 0. The third-order valence-corrected chi connectivity index (χ3v) is 8.53. The van der Waals surface area contributed by atoms with E-state index in [1.165, 1.54) is 0 Å². The number of rotatable bonds is 6. The Morgan fingerprint density at radius 3 is 1.03 bits per heavy atom. The van der Waals surface area contributed by atoms with Gasteiger partial charge in [-0.25, -0.2) is 0 Å². The number of hydrogen-bond donors (Lipinski definition) is 0. The smallest absolute Gasteiger partial charge is 0.0461 e. The van der Waals surface area contributed by atoms with Crippen molar-refractivity contribution in [3.05, 3.63) is 101 Å². The van der Waals surface area contributed by atoms with Crippen LogP contribution in [0.1, 0.15) is 16.7 Å². The van der Waals surface area contributed by atoms with Gasteiger partial charge >= 0.3 is 0 Å². The largest absolute Gasteiger partial charge is 0.188 e. The molecule has 29 heavy (non-hydrogen) atoms. The van der Waals surface area contributed by atoms with E-state index in [2.05, 4.69) is 0 Å². The molecule has 154 valence electrons. The van der Waals surface area contributed by atoms with Gasteiger partial charge in [0.25, 0.3) is 0 Å². The van der Waals surface area contributed by atoms with Gasteiger partial charge in [-0.15, -0.1) is 0 Å². The average Bonchev–Trinajstić information content (AvgIpc) is 2.63. The van der Waals surface area contributed by atoms with E-state index in [1.54, 1.807) is 54.6 Å². The monoisotopic (exact) mass is 528 g/mol. The minimum atomic E-state index is -2.79. The van der Waals surface area contributed by atoms with Crippen LogP contribution >= 0.6 is 80.0 Å². The van der Waals surface area contributed by atoms with Gasteiger partial charge in [-0.3, -0.25) is 0 Å². The Balaban J connectivity index is 1.99. The highest BCUT2D eigenvalue weighted by Gasteiger charge is 2.28. The van der Waals surface area contributed by atoms with E-state index in [0.717, 1.165) is 0 Å². The lowest BCUT2D eigenvalue weighted by Crippen LogP contribution is -2.07. The van der Waals surface area contributed by atoms with Crippen molar-refractivity contribution < 1.29 is 3.89 Å². The number of hydrogen-bond acceptors (Lipinski definition) is 0. The van der Waals surface area contributed by atoms with Crippen LogP contribution in [0, 0.1) is 0 Å². The molecule has 0 fully saturated rings. The average molecular weight is 531 g/mol. The fourth-order valence-electron chi connectivity index (χ4n) is 2.91. The van der Waals surface area contributed by atoms with Crippen LogP contribution in [0.25, 0.3) is 0 Å². The van der Waals surface area contributed by atoms with Crippen molar-refractivity contribution in [1.29, 1.82) is 0 Å². The summed E-state index contributed by atoms with van der Waals surface area (Å²) in [5.41, 5.74) is 2.05. The second-order valence-corrected chi connectivity index (χ2v) is 11.9. The number of halogens is 7. The summed E-state index contributed by atoms with van der Waals surface area (Å²) in [5.74, 6) is 0.419. The van der Waals surface area contributed by atoms with Gasteiger partial charge in [0.2, 0.25) is 0 Å². The van der Waals surface area contributed by atoms with Crippen LogP contribution in [-0.2, 0) is 17.3 Å². The first-order valence-corrected chi connectivity index (χ1v) is 12.7. The maximum absolute atomic E-state index is 16.5. The first-order valence-electron chi connectivity index (χ1n) is 8.43. The van der Waals surface area contributed by atoms with Crippen molar-refractivity contribution >= 4 is 80.0 Å². The Morgan fingerprint density at radius 1 is 0.517 bits per heavy atom. The highest BCUT2D eigenvalue weighted by atomic mass is 35.5. The lowest BCUT2D eigenvalue weighted by molar-refractivity contribution is 0.864. The summed E-state index contributed by atoms with van der Waals surface area (Å²) in [6, 6.07) is 15.2. The van der Waals surface area contributed by atoms with Crippen LogP contribution in [0.3, 0.4) is 0 Å². The van der Waals surface area contributed by atoms with E-state index < -0.39 is 10.4 Å². The first-order chi connectivity index (χ1) is 13.6. The molecule has 0 aliphatic heterocycles. The van der Waals surface area contributed by atoms with Crippen LogP contribution < -0.4 is 0 Å². The third-order valence-electron chi connectivity index (χ3n) is 4.29. The van der Waals surface area contributed by atoms with Crippen LogP contribution in [0.2, 0.25) is 30.1 Å². The molecule has 0 spiro atoms. The van der Waals surface area contributed by atoms with Gasteiger partial charge in [0, 0.05) is 47.4 Å². The van der Waals surface area contributed by atoms with Crippen molar-refractivity contribution in [2.75, 3.05) is 0 Å². The van der Waals surface area contributed by atoms with E-state index in [9.17, 15) is 0 Å². The van der Waals surface area contributed by atoms with Gasteiger partial charge in [0.1, 0.15) is 0 Å². The molecule has 0 aromatic heterocycles. The third kappa shape index (κ3) is 6.33. The summed E-state index contributed by atoms with van der Waals surface area (Å²) < 4.78 is 16.5. The Morgan fingerprint density at radius 2 is 0.793 bits per heavy atom. The molecule has 0 unspecified atom stereocenters. The fraction of sp³-hybridized carbons (Fsp3) is 0.143. The predicted molar refractivity (Wildman–Crippen MR) is 129 cm³/mol. The Bertz CT molecular complexity index is 910. The van der Waals surface area contributed by atoms with Crippen molar-refractivity contribution in [2.24, 2.45) is 0 Å². The topological polar surface area (TPSA) is 0 Å². The molecule has 0 heterocycles. The standard InChI is InChI=1S/C21H15Cl6FS/c22-16-4-1-13(19(25)7-16)10-29(28,11-14-2-5-17(23)8-20(14)26)12-15-3-6-18(24)9-21(15)27/h1-9H,10-12H2. The lowest BCUT2D eigenvalue weighted by atomic mass is 10.2. The van der Waals surface area contributed by atoms with Gasteiger partial charge in [-0.2, -0.15) is 3.89 Å². The summed E-state index contributed by atoms with van der Waals surface area (Å²) in [5, 5.41) is 2.78.